The average molecular weight is 269 g/mol. The molecule has 0 aliphatic rings. The first-order valence-corrected chi connectivity index (χ1v) is 5.13. The van der Waals surface area contributed by atoms with Crippen LogP contribution in [-0.2, 0) is 0 Å². The molecule has 1 heterocycles. The Bertz CT molecular complexity index is 607. The van der Waals surface area contributed by atoms with E-state index >= 15 is 0 Å². The molecule has 0 aliphatic carbocycles. The van der Waals surface area contributed by atoms with Gasteiger partial charge in [-0.2, -0.15) is 4.98 Å². The van der Waals surface area contributed by atoms with Crippen molar-refractivity contribution in [3.8, 4) is 11.8 Å². The van der Waals surface area contributed by atoms with Gasteiger partial charge < -0.3 is 9.84 Å². The topological polar surface area (TPSA) is 72.3 Å². The van der Waals surface area contributed by atoms with Crippen LogP contribution in [0.5, 0.6) is 11.8 Å². The fraction of sp³-hybridized carbons (Fsp3) is 0. The van der Waals surface area contributed by atoms with E-state index in [0.29, 0.717) is 0 Å². The molecule has 0 spiro atoms. The van der Waals surface area contributed by atoms with Gasteiger partial charge in [0.15, 0.2) is 5.69 Å². The van der Waals surface area contributed by atoms with Gasteiger partial charge in [0.05, 0.1) is 5.02 Å². The van der Waals surface area contributed by atoms with E-state index < -0.39 is 11.8 Å². The molecule has 0 radical (unpaired) electrons. The van der Waals surface area contributed by atoms with Crippen LogP contribution in [0.25, 0.3) is 0 Å². The molecule has 0 bridgehead atoms. The summed E-state index contributed by atoms with van der Waals surface area (Å²) in [5.41, 5.74) is -0.210. The Morgan fingerprint density at radius 3 is 2.83 bits per heavy atom. The number of aromatic nitrogens is 2. The summed E-state index contributed by atoms with van der Waals surface area (Å²) in [6.07, 6.45) is 1.24. The van der Waals surface area contributed by atoms with Gasteiger partial charge in [0.25, 0.3) is 0 Å². The molecule has 1 aromatic carbocycles. The van der Waals surface area contributed by atoms with Gasteiger partial charge in [0, 0.05) is 6.20 Å². The fourth-order valence-corrected chi connectivity index (χ4v) is 1.37. The Morgan fingerprint density at radius 2 is 2.17 bits per heavy atom. The molecule has 0 amide bonds. The van der Waals surface area contributed by atoms with Crippen molar-refractivity contribution < 1.29 is 19.0 Å². The number of carboxylic acid groups (broad SMARTS) is 1. The predicted molar refractivity (Wildman–Crippen MR) is 60.5 cm³/mol. The van der Waals surface area contributed by atoms with Gasteiger partial charge in [-0.25, -0.2) is 14.2 Å². The minimum absolute atomic E-state index is 0.0410. The van der Waals surface area contributed by atoms with Crippen molar-refractivity contribution in [1.29, 1.82) is 0 Å². The highest BCUT2D eigenvalue weighted by Crippen LogP contribution is 2.28. The van der Waals surface area contributed by atoms with Gasteiger partial charge in [-0.05, 0) is 24.3 Å². The summed E-state index contributed by atoms with van der Waals surface area (Å²) in [4.78, 5) is 18.1. The van der Waals surface area contributed by atoms with Crippen molar-refractivity contribution in [2.24, 2.45) is 0 Å². The molecule has 2 rings (SSSR count). The minimum atomic E-state index is -1.20. The highest BCUT2D eigenvalue weighted by atomic mass is 35.5. The monoisotopic (exact) mass is 268 g/mol. The summed E-state index contributed by atoms with van der Waals surface area (Å²) in [6.45, 7) is 0. The maximum atomic E-state index is 12.8. The van der Waals surface area contributed by atoms with Crippen molar-refractivity contribution in [2.45, 2.75) is 0 Å². The first kappa shape index (κ1) is 12.3. The third kappa shape index (κ3) is 2.72. The number of hydrogen-bond acceptors (Lipinski definition) is 4. The van der Waals surface area contributed by atoms with Gasteiger partial charge in [0.2, 0.25) is 0 Å². The Kier molecular flexibility index (Phi) is 3.38. The standard InChI is InChI=1S/C11H6ClFN2O3/c12-7-5-6(13)1-2-9(7)18-11-14-4-3-8(15-11)10(16)17/h1-5H,(H,16,17). The van der Waals surface area contributed by atoms with Crippen LogP contribution < -0.4 is 4.74 Å². The van der Waals surface area contributed by atoms with E-state index in [4.69, 9.17) is 21.4 Å². The van der Waals surface area contributed by atoms with Crippen molar-refractivity contribution in [3.63, 3.8) is 0 Å². The van der Waals surface area contributed by atoms with E-state index in [1.54, 1.807) is 0 Å². The summed E-state index contributed by atoms with van der Waals surface area (Å²) in [7, 11) is 0. The van der Waals surface area contributed by atoms with Crippen LogP contribution in [0.1, 0.15) is 10.5 Å². The van der Waals surface area contributed by atoms with E-state index in [1.807, 2.05) is 0 Å². The first-order valence-electron chi connectivity index (χ1n) is 4.75. The number of ether oxygens (including phenoxy) is 1. The molecule has 0 saturated heterocycles. The predicted octanol–water partition coefficient (Wildman–Crippen LogP) is 2.76. The molecule has 1 N–H and O–H groups in total. The van der Waals surface area contributed by atoms with Gasteiger partial charge in [0.1, 0.15) is 11.6 Å². The van der Waals surface area contributed by atoms with Crippen LogP contribution in [0, 0.1) is 5.82 Å². The lowest BCUT2D eigenvalue weighted by atomic mass is 10.3. The Morgan fingerprint density at radius 1 is 1.39 bits per heavy atom. The van der Waals surface area contributed by atoms with Crippen LogP contribution >= 0.6 is 11.6 Å². The third-order valence-electron chi connectivity index (χ3n) is 1.95. The molecule has 1 aromatic heterocycles. The first-order chi connectivity index (χ1) is 8.56. The molecule has 92 valence electrons. The average Bonchev–Trinajstić information content (AvgIpc) is 2.33. The number of nitrogens with zero attached hydrogens (tertiary/aromatic N) is 2. The Labute approximate surface area is 106 Å². The van der Waals surface area contributed by atoms with E-state index in [2.05, 4.69) is 9.97 Å². The lowest BCUT2D eigenvalue weighted by Gasteiger charge is -2.05. The molecule has 0 fully saturated rings. The zero-order chi connectivity index (χ0) is 13.1. The second-order valence-corrected chi connectivity index (χ2v) is 3.61. The maximum absolute atomic E-state index is 12.8. The number of hydrogen-bond donors (Lipinski definition) is 1. The smallest absolute Gasteiger partial charge is 0.354 e. The van der Waals surface area contributed by atoms with Gasteiger partial charge in [-0.1, -0.05) is 11.6 Å². The van der Waals surface area contributed by atoms with Crippen molar-refractivity contribution in [3.05, 3.63) is 47.0 Å². The molecule has 2 aromatic rings. The van der Waals surface area contributed by atoms with Crippen LogP contribution in [0.4, 0.5) is 4.39 Å². The van der Waals surface area contributed by atoms with Gasteiger partial charge >= 0.3 is 12.0 Å². The van der Waals surface area contributed by atoms with E-state index in [1.165, 1.54) is 18.3 Å². The Hall–Kier alpha value is -2.21. The van der Waals surface area contributed by atoms with Crippen LogP contribution in [0.3, 0.4) is 0 Å². The van der Waals surface area contributed by atoms with Crippen molar-refractivity contribution in [1.82, 2.24) is 9.97 Å². The molecule has 0 atom stereocenters. The molecule has 5 nitrogen and oxygen atoms in total. The van der Waals surface area contributed by atoms with E-state index in [9.17, 15) is 9.18 Å². The lowest BCUT2D eigenvalue weighted by molar-refractivity contribution is 0.0689. The quantitative estimate of drug-likeness (QED) is 0.927. The zero-order valence-corrected chi connectivity index (χ0v) is 9.56. The number of carbonyl (C=O) groups is 1. The normalized spacial score (nSPS) is 10.1. The van der Waals surface area contributed by atoms with Crippen molar-refractivity contribution >= 4 is 17.6 Å². The molecule has 0 aliphatic heterocycles. The molecule has 0 unspecified atom stereocenters. The largest absolute Gasteiger partial charge is 0.477 e. The Balaban J connectivity index is 2.28. The zero-order valence-electron chi connectivity index (χ0n) is 8.80. The second kappa shape index (κ2) is 4.97. The van der Waals surface area contributed by atoms with Crippen LogP contribution in [-0.4, -0.2) is 21.0 Å². The van der Waals surface area contributed by atoms with E-state index in [-0.39, 0.29) is 22.5 Å². The number of rotatable bonds is 3. The maximum Gasteiger partial charge on any atom is 0.354 e. The molecule has 0 saturated carbocycles. The summed E-state index contributed by atoms with van der Waals surface area (Å²) in [5.74, 6) is -1.57. The number of aromatic carboxylic acids is 1. The molecular weight excluding hydrogens is 263 g/mol. The van der Waals surface area contributed by atoms with Crippen molar-refractivity contribution in [2.75, 3.05) is 0 Å². The van der Waals surface area contributed by atoms with Crippen LogP contribution in [0.2, 0.25) is 5.02 Å². The highest BCUT2D eigenvalue weighted by molar-refractivity contribution is 6.32. The highest BCUT2D eigenvalue weighted by Gasteiger charge is 2.10. The molecule has 7 heteroatoms. The lowest BCUT2D eigenvalue weighted by Crippen LogP contribution is -2.02. The summed E-state index contributed by atoms with van der Waals surface area (Å²) < 4.78 is 18.0. The summed E-state index contributed by atoms with van der Waals surface area (Å²) >= 11 is 5.74. The summed E-state index contributed by atoms with van der Waals surface area (Å²) in [5, 5.41) is 8.79. The molecule has 18 heavy (non-hydrogen) atoms. The van der Waals surface area contributed by atoms with Gasteiger partial charge in [-0.3, -0.25) is 0 Å². The van der Waals surface area contributed by atoms with Crippen LogP contribution in [0.15, 0.2) is 30.5 Å². The SMILES string of the molecule is O=C(O)c1ccnc(Oc2ccc(F)cc2Cl)n1. The third-order valence-corrected chi connectivity index (χ3v) is 2.24. The number of halogens is 2. The minimum Gasteiger partial charge on any atom is -0.477 e. The second-order valence-electron chi connectivity index (χ2n) is 3.21. The number of benzene rings is 1. The molecular formula is C11H6ClFN2O3. The van der Waals surface area contributed by atoms with E-state index in [0.717, 1.165) is 12.1 Å². The fourth-order valence-electron chi connectivity index (χ4n) is 1.17. The number of carboxylic acids is 1. The summed E-state index contributed by atoms with van der Waals surface area (Å²) in [6, 6.07) is 4.57. The van der Waals surface area contributed by atoms with Gasteiger partial charge in [-0.15, -0.1) is 0 Å².